The number of benzene rings is 1. The van der Waals surface area contributed by atoms with Gasteiger partial charge < -0.3 is 4.57 Å². The third kappa shape index (κ3) is 4.88. The van der Waals surface area contributed by atoms with Crippen molar-refractivity contribution in [2.75, 3.05) is 5.75 Å². The molecule has 0 saturated carbocycles. The minimum Gasteiger partial charge on any atom is -0.337 e. The van der Waals surface area contributed by atoms with Crippen LogP contribution in [-0.2, 0) is 10.6 Å². The summed E-state index contributed by atoms with van der Waals surface area (Å²) in [6, 6.07) is 3.64. The van der Waals surface area contributed by atoms with Crippen LogP contribution in [0.25, 0.3) is 0 Å². The normalized spacial score (nSPS) is 23.3. The fraction of sp³-hybridized carbons (Fsp3) is 0.526. The van der Waals surface area contributed by atoms with Crippen molar-refractivity contribution < 1.29 is 0 Å². The quantitative estimate of drug-likeness (QED) is 0.435. The zero-order valence-electron chi connectivity index (χ0n) is 14.8. The maximum absolute atomic E-state index is 6.66. The summed E-state index contributed by atoms with van der Waals surface area (Å²) in [7, 11) is 0. The molecule has 1 fully saturated rings. The van der Waals surface area contributed by atoms with Gasteiger partial charge in [0.25, 0.3) is 0 Å². The van der Waals surface area contributed by atoms with Gasteiger partial charge in [-0.1, -0.05) is 54.6 Å². The van der Waals surface area contributed by atoms with E-state index in [1.54, 1.807) is 0 Å². The first-order valence-corrected chi connectivity index (χ1v) is 12.0. The minimum atomic E-state index is -0.153. The SMILES string of the molecule is CCCCC1CCSC(CCn2ccnc2)(c2c(Cl)cc(Cl)cc2Cl)S1. The monoisotopic (exact) mass is 448 g/mol. The molecule has 7 heteroatoms. The molecule has 1 aliphatic rings. The van der Waals surface area contributed by atoms with E-state index in [9.17, 15) is 0 Å². The highest BCUT2D eigenvalue weighted by Crippen LogP contribution is 2.59. The Bertz CT molecular complexity index is 701. The summed E-state index contributed by atoms with van der Waals surface area (Å²) in [5.41, 5.74) is 1.03. The highest BCUT2D eigenvalue weighted by molar-refractivity contribution is 8.18. The Kier molecular flexibility index (Phi) is 7.55. The van der Waals surface area contributed by atoms with Gasteiger partial charge in [0.05, 0.1) is 10.4 Å². The summed E-state index contributed by atoms with van der Waals surface area (Å²) in [6.45, 7) is 3.14. The van der Waals surface area contributed by atoms with Crippen molar-refractivity contribution >= 4 is 58.3 Å². The fourth-order valence-corrected chi connectivity index (χ4v) is 8.72. The Morgan fingerprint density at radius 3 is 2.69 bits per heavy atom. The molecule has 1 saturated heterocycles. The molecule has 26 heavy (non-hydrogen) atoms. The van der Waals surface area contributed by atoms with Crippen LogP contribution in [-0.4, -0.2) is 20.6 Å². The van der Waals surface area contributed by atoms with Crippen LogP contribution < -0.4 is 0 Å². The molecule has 2 heterocycles. The largest absolute Gasteiger partial charge is 0.337 e. The highest BCUT2D eigenvalue weighted by atomic mass is 35.5. The van der Waals surface area contributed by atoms with E-state index in [1.807, 2.05) is 54.4 Å². The summed E-state index contributed by atoms with van der Waals surface area (Å²) >= 11 is 23.5. The Balaban J connectivity index is 1.93. The van der Waals surface area contributed by atoms with Gasteiger partial charge in [-0.05, 0) is 37.1 Å². The molecular formula is C19H23Cl3N2S2. The number of thioether (sulfide) groups is 2. The maximum Gasteiger partial charge on any atom is 0.0945 e. The number of rotatable bonds is 7. The van der Waals surface area contributed by atoms with Crippen LogP contribution in [0.3, 0.4) is 0 Å². The van der Waals surface area contributed by atoms with Crippen LogP contribution in [0.2, 0.25) is 15.1 Å². The second-order valence-corrected chi connectivity index (χ2v) is 11.1. The highest BCUT2D eigenvalue weighted by Gasteiger charge is 2.42. The van der Waals surface area contributed by atoms with Crippen LogP contribution in [0.15, 0.2) is 30.9 Å². The van der Waals surface area contributed by atoms with E-state index in [4.69, 9.17) is 34.8 Å². The number of nitrogens with zero attached hydrogens (tertiary/aromatic N) is 2. The van der Waals surface area contributed by atoms with Gasteiger partial charge in [0, 0.05) is 44.8 Å². The average Bonchev–Trinajstić information content (AvgIpc) is 3.11. The van der Waals surface area contributed by atoms with E-state index < -0.39 is 0 Å². The van der Waals surface area contributed by atoms with Gasteiger partial charge >= 0.3 is 0 Å². The van der Waals surface area contributed by atoms with Gasteiger partial charge in [0.1, 0.15) is 0 Å². The third-order valence-electron chi connectivity index (χ3n) is 4.66. The van der Waals surface area contributed by atoms with Gasteiger partial charge in [0.2, 0.25) is 0 Å². The molecule has 0 bridgehead atoms. The topological polar surface area (TPSA) is 17.8 Å². The van der Waals surface area contributed by atoms with Crippen LogP contribution in [0.5, 0.6) is 0 Å². The summed E-state index contributed by atoms with van der Waals surface area (Å²) < 4.78 is 1.97. The van der Waals surface area contributed by atoms with E-state index in [0.717, 1.165) is 24.3 Å². The summed E-state index contributed by atoms with van der Waals surface area (Å²) in [5, 5.41) is 2.57. The predicted molar refractivity (Wildman–Crippen MR) is 118 cm³/mol. The van der Waals surface area contributed by atoms with Gasteiger partial charge in [-0.15, -0.1) is 23.5 Å². The predicted octanol–water partition coefficient (Wildman–Crippen LogP) is 7.52. The number of aryl methyl sites for hydroxylation is 1. The number of imidazole rings is 1. The van der Waals surface area contributed by atoms with Gasteiger partial charge in [-0.25, -0.2) is 4.98 Å². The van der Waals surface area contributed by atoms with Crippen molar-refractivity contribution in [1.29, 1.82) is 0 Å². The Hall–Kier alpha value is -0.0000000000000000555. The Morgan fingerprint density at radius 2 is 2.04 bits per heavy atom. The number of halogens is 3. The Labute approximate surface area is 179 Å². The molecule has 0 spiro atoms. The van der Waals surface area contributed by atoms with Crippen LogP contribution in [0.1, 0.15) is 44.6 Å². The van der Waals surface area contributed by atoms with Crippen molar-refractivity contribution in [3.8, 4) is 0 Å². The van der Waals surface area contributed by atoms with Crippen molar-refractivity contribution in [3.05, 3.63) is 51.5 Å². The lowest BCUT2D eigenvalue weighted by Crippen LogP contribution is -2.29. The molecule has 2 nitrogen and oxygen atoms in total. The number of hydrogen-bond acceptors (Lipinski definition) is 3. The molecule has 0 radical (unpaired) electrons. The zero-order chi connectivity index (χ0) is 18.6. The molecule has 1 aromatic heterocycles. The van der Waals surface area contributed by atoms with E-state index >= 15 is 0 Å². The summed E-state index contributed by atoms with van der Waals surface area (Å²) in [4.78, 5) is 4.16. The molecule has 2 aromatic rings. The van der Waals surface area contributed by atoms with Crippen LogP contribution in [0, 0.1) is 0 Å². The van der Waals surface area contributed by atoms with Gasteiger partial charge in [0.15, 0.2) is 0 Å². The van der Waals surface area contributed by atoms with E-state index in [0.29, 0.717) is 20.3 Å². The number of aromatic nitrogens is 2. The molecule has 1 aliphatic heterocycles. The number of hydrogen-bond donors (Lipinski definition) is 0. The lowest BCUT2D eigenvalue weighted by atomic mass is 10.1. The average molecular weight is 450 g/mol. The molecule has 142 valence electrons. The fourth-order valence-electron chi connectivity index (χ4n) is 3.34. The molecule has 0 amide bonds. The molecule has 2 atom stereocenters. The number of unbranched alkanes of at least 4 members (excludes halogenated alkanes) is 1. The van der Waals surface area contributed by atoms with Crippen molar-refractivity contribution in [1.82, 2.24) is 9.55 Å². The van der Waals surface area contributed by atoms with Crippen molar-refractivity contribution in [2.24, 2.45) is 0 Å². The molecule has 2 unspecified atom stereocenters. The third-order valence-corrected chi connectivity index (χ3v) is 9.02. The van der Waals surface area contributed by atoms with E-state index in [1.165, 1.54) is 25.7 Å². The Morgan fingerprint density at radius 1 is 1.27 bits per heavy atom. The maximum atomic E-state index is 6.66. The standard InChI is InChI=1S/C19H23Cl3N2S2/c1-2-3-4-15-5-10-25-19(26-15,6-8-24-9-7-23-13-24)18-16(21)11-14(20)12-17(18)22/h7,9,11-13,15H,2-6,8,10H2,1H3. The van der Waals surface area contributed by atoms with E-state index in [2.05, 4.69) is 16.5 Å². The minimum absolute atomic E-state index is 0.153. The second-order valence-electron chi connectivity index (χ2n) is 6.57. The zero-order valence-corrected chi connectivity index (χ0v) is 18.7. The first-order chi connectivity index (χ1) is 12.5. The van der Waals surface area contributed by atoms with E-state index in [-0.39, 0.29) is 4.08 Å². The van der Waals surface area contributed by atoms with Gasteiger partial charge in [-0.2, -0.15) is 0 Å². The van der Waals surface area contributed by atoms with Crippen molar-refractivity contribution in [3.63, 3.8) is 0 Å². The second kappa shape index (κ2) is 9.47. The lowest BCUT2D eigenvalue weighted by molar-refractivity contribution is 0.596. The van der Waals surface area contributed by atoms with Crippen LogP contribution >= 0.6 is 58.3 Å². The van der Waals surface area contributed by atoms with Crippen LogP contribution in [0.4, 0.5) is 0 Å². The molecule has 3 rings (SSSR count). The van der Waals surface area contributed by atoms with Gasteiger partial charge in [-0.3, -0.25) is 0 Å². The molecule has 0 N–H and O–H groups in total. The molecule has 0 aliphatic carbocycles. The smallest absolute Gasteiger partial charge is 0.0945 e. The molecule has 1 aromatic carbocycles. The summed E-state index contributed by atoms with van der Waals surface area (Å²) in [5.74, 6) is 1.13. The van der Waals surface area contributed by atoms with Crippen molar-refractivity contribution in [2.45, 2.75) is 54.9 Å². The lowest BCUT2D eigenvalue weighted by Gasteiger charge is -2.41. The first-order valence-electron chi connectivity index (χ1n) is 8.96. The molecular weight excluding hydrogens is 427 g/mol. The first kappa shape index (κ1) is 20.7. The summed E-state index contributed by atoms with van der Waals surface area (Å²) in [6.07, 6.45) is 11.6.